The van der Waals surface area contributed by atoms with Gasteiger partial charge in [0.25, 0.3) is 0 Å². The number of halogens is 1. The van der Waals surface area contributed by atoms with Crippen molar-refractivity contribution >= 4 is 29.9 Å². The van der Waals surface area contributed by atoms with Crippen LogP contribution in [0, 0.1) is 5.92 Å². The molecule has 0 spiro atoms. The van der Waals surface area contributed by atoms with Gasteiger partial charge in [-0.2, -0.15) is 0 Å². The summed E-state index contributed by atoms with van der Waals surface area (Å²) in [7, 11) is 0. The van der Waals surface area contributed by atoms with Crippen LogP contribution in [-0.4, -0.2) is 49.6 Å². The molecule has 4 nitrogen and oxygen atoms in total. The van der Waals surface area contributed by atoms with E-state index in [-0.39, 0.29) is 24.0 Å². The largest absolute Gasteiger partial charge is 0.356 e. The molecule has 118 valence electrons. The molecule has 1 atom stereocenters. The lowest BCUT2D eigenvalue weighted by atomic mass is 10.0. The van der Waals surface area contributed by atoms with E-state index in [1.54, 1.807) is 0 Å². The van der Waals surface area contributed by atoms with Crippen molar-refractivity contribution in [3.8, 4) is 0 Å². The van der Waals surface area contributed by atoms with Crippen LogP contribution in [0.25, 0.3) is 0 Å². The van der Waals surface area contributed by atoms with E-state index < -0.39 is 0 Å². The quantitative estimate of drug-likeness (QED) is 0.720. The first-order valence-corrected chi connectivity index (χ1v) is 8.03. The summed E-state index contributed by atoms with van der Waals surface area (Å²) in [5.41, 5.74) is 0. The molecular formula is C15H31IN4. The highest BCUT2D eigenvalue weighted by atomic mass is 127. The zero-order valence-corrected chi connectivity index (χ0v) is 15.4. The molecule has 2 aliphatic rings. The number of hydrogen-bond donors (Lipinski definition) is 2. The third-order valence-electron chi connectivity index (χ3n) is 4.26. The van der Waals surface area contributed by atoms with Gasteiger partial charge in [-0.3, -0.25) is 9.89 Å². The van der Waals surface area contributed by atoms with Crippen molar-refractivity contribution in [3.63, 3.8) is 0 Å². The van der Waals surface area contributed by atoms with Crippen molar-refractivity contribution in [1.29, 1.82) is 0 Å². The van der Waals surface area contributed by atoms with Crippen molar-refractivity contribution in [2.45, 2.75) is 52.0 Å². The standard InChI is InChI=1S/C15H30N4.HI/c1-13(2)14(19-10-5-3-4-6-11-19)12-18-15-16-8-7-9-17-15;/h13-14H,3-12H2,1-2H3,(H2,16,17,18);1H. The maximum Gasteiger partial charge on any atom is 0.191 e. The highest BCUT2D eigenvalue weighted by molar-refractivity contribution is 14.0. The Kier molecular flexibility index (Phi) is 8.84. The third kappa shape index (κ3) is 5.76. The van der Waals surface area contributed by atoms with Crippen LogP contribution in [0.3, 0.4) is 0 Å². The molecule has 0 amide bonds. The lowest BCUT2D eigenvalue weighted by molar-refractivity contribution is 0.161. The number of nitrogens with zero attached hydrogens (tertiary/aromatic N) is 2. The second kappa shape index (κ2) is 9.82. The average Bonchev–Trinajstić information content (AvgIpc) is 2.69. The van der Waals surface area contributed by atoms with Crippen LogP contribution in [0.2, 0.25) is 0 Å². The Morgan fingerprint density at radius 1 is 1.15 bits per heavy atom. The average molecular weight is 394 g/mol. The Balaban J connectivity index is 0.00000200. The first kappa shape index (κ1) is 18.0. The van der Waals surface area contributed by atoms with E-state index >= 15 is 0 Å². The molecule has 0 aromatic rings. The Morgan fingerprint density at radius 2 is 1.85 bits per heavy atom. The molecule has 1 unspecified atom stereocenters. The molecule has 0 bridgehead atoms. The predicted molar refractivity (Wildman–Crippen MR) is 97.0 cm³/mol. The predicted octanol–water partition coefficient (Wildman–Crippen LogP) is 2.44. The van der Waals surface area contributed by atoms with Gasteiger partial charge in [0.2, 0.25) is 0 Å². The van der Waals surface area contributed by atoms with E-state index in [1.165, 1.54) is 38.8 Å². The van der Waals surface area contributed by atoms with E-state index in [4.69, 9.17) is 0 Å². The second-order valence-corrected chi connectivity index (χ2v) is 6.15. The zero-order chi connectivity index (χ0) is 13.5. The molecule has 2 heterocycles. The van der Waals surface area contributed by atoms with Gasteiger partial charge in [0, 0.05) is 25.7 Å². The first-order chi connectivity index (χ1) is 9.27. The fourth-order valence-corrected chi connectivity index (χ4v) is 3.07. The fraction of sp³-hybridized carbons (Fsp3) is 0.933. The third-order valence-corrected chi connectivity index (χ3v) is 4.26. The van der Waals surface area contributed by atoms with Gasteiger partial charge < -0.3 is 10.6 Å². The number of aliphatic imine (C=N–C) groups is 1. The zero-order valence-electron chi connectivity index (χ0n) is 13.0. The maximum absolute atomic E-state index is 4.50. The molecule has 5 heteroatoms. The van der Waals surface area contributed by atoms with E-state index in [1.807, 2.05) is 0 Å². The summed E-state index contributed by atoms with van der Waals surface area (Å²) in [6.07, 6.45) is 6.70. The molecule has 2 rings (SSSR count). The Labute approximate surface area is 141 Å². The maximum atomic E-state index is 4.50. The molecule has 20 heavy (non-hydrogen) atoms. The van der Waals surface area contributed by atoms with E-state index in [9.17, 15) is 0 Å². The smallest absolute Gasteiger partial charge is 0.191 e. The molecule has 1 saturated heterocycles. The molecule has 0 aromatic heterocycles. The van der Waals surface area contributed by atoms with Gasteiger partial charge in [0.1, 0.15) is 0 Å². The van der Waals surface area contributed by atoms with Gasteiger partial charge in [-0.15, -0.1) is 24.0 Å². The van der Waals surface area contributed by atoms with Gasteiger partial charge in [-0.1, -0.05) is 26.7 Å². The van der Waals surface area contributed by atoms with Crippen molar-refractivity contribution < 1.29 is 0 Å². The minimum atomic E-state index is 0. The van der Waals surface area contributed by atoms with Crippen LogP contribution in [0.1, 0.15) is 46.0 Å². The number of hydrogen-bond acceptors (Lipinski definition) is 4. The second-order valence-electron chi connectivity index (χ2n) is 6.15. The van der Waals surface area contributed by atoms with Gasteiger partial charge in [-0.05, 0) is 38.3 Å². The lowest BCUT2D eigenvalue weighted by Gasteiger charge is -2.34. The molecule has 0 radical (unpaired) electrons. The summed E-state index contributed by atoms with van der Waals surface area (Å²) in [4.78, 5) is 7.19. The summed E-state index contributed by atoms with van der Waals surface area (Å²) >= 11 is 0. The van der Waals surface area contributed by atoms with Gasteiger partial charge in [0.15, 0.2) is 5.96 Å². The Bertz CT molecular complexity index is 286. The van der Waals surface area contributed by atoms with E-state index in [2.05, 4.69) is 34.4 Å². The monoisotopic (exact) mass is 394 g/mol. The number of likely N-dealkylation sites (tertiary alicyclic amines) is 1. The van der Waals surface area contributed by atoms with Gasteiger partial charge >= 0.3 is 0 Å². The molecule has 0 aromatic carbocycles. The van der Waals surface area contributed by atoms with Crippen LogP contribution in [0.4, 0.5) is 0 Å². The van der Waals surface area contributed by atoms with Crippen molar-refractivity contribution in [2.24, 2.45) is 10.9 Å². The number of nitrogens with one attached hydrogen (secondary N) is 2. The molecule has 2 N–H and O–H groups in total. The summed E-state index contributed by atoms with van der Waals surface area (Å²) in [5, 5.41) is 6.87. The Hall–Kier alpha value is -0.0400. The molecule has 2 aliphatic heterocycles. The van der Waals surface area contributed by atoms with Gasteiger partial charge in [-0.25, -0.2) is 0 Å². The topological polar surface area (TPSA) is 39.7 Å². The molecule has 0 saturated carbocycles. The van der Waals surface area contributed by atoms with E-state index in [0.717, 1.165) is 32.0 Å². The van der Waals surface area contributed by atoms with Crippen molar-refractivity contribution in [3.05, 3.63) is 0 Å². The van der Waals surface area contributed by atoms with Crippen LogP contribution in [0.15, 0.2) is 4.99 Å². The number of guanidine groups is 1. The molecule has 1 fully saturated rings. The van der Waals surface area contributed by atoms with Crippen LogP contribution in [-0.2, 0) is 0 Å². The fourth-order valence-electron chi connectivity index (χ4n) is 3.07. The minimum Gasteiger partial charge on any atom is -0.356 e. The lowest BCUT2D eigenvalue weighted by Crippen LogP contribution is -2.50. The van der Waals surface area contributed by atoms with Crippen LogP contribution >= 0.6 is 24.0 Å². The Morgan fingerprint density at radius 3 is 2.40 bits per heavy atom. The summed E-state index contributed by atoms with van der Waals surface area (Å²) in [5.74, 6) is 1.70. The normalized spacial score (nSPS) is 22.2. The van der Waals surface area contributed by atoms with Crippen LogP contribution < -0.4 is 10.6 Å². The van der Waals surface area contributed by atoms with E-state index in [0.29, 0.717) is 12.0 Å². The van der Waals surface area contributed by atoms with Crippen molar-refractivity contribution in [1.82, 2.24) is 15.5 Å². The summed E-state index contributed by atoms with van der Waals surface area (Å²) in [6, 6.07) is 0.629. The minimum absolute atomic E-state index is 0. The van der Waals surface area contributed by atoms with Crippen LogP contribution in [0.5, 0.6) is 0 Å². The highest BCUT2D eigenvalue weighted by Gasteiger charge is 2.23. The first-order valence-electron chi connectivity index (χ1n) is 8.03. The van der Waals surface area contributed by atoms with Gasteiger partial charge in [0.05, 0.1) is 0 Å². The molecular weight excluding hydrogens is 363 g/mol. The molecule has 0 aliphatic carbocycles. The summed E-state index contributed by atoms with van der Waals surface area (Å²) < 4.78 is 0. The van der Waals surface area contributed by atoms with Crippen molar-refractivity contribution in [2.75, 3.05) is 32.7 Å². The highest BCUT2D eigenvalue weighted by Crippen LogP contribution is 2.17. The SMILES string of the molecule is CC(C)C(CNC1=NCCCN1)N1CCCCCC1.I. The number of rotatable bonds is 4. The summed E-state index contributed by atoms with van der Waals surface area (Å²) in [6.45, 7) is 10.3.